The van der Waals surface area contributed by atoms with E-state index in [1.54, 1.807) is 11.8 Å². The van der Waals surface area contributed by atoms with Gasteiger partial charge >= 0.3 is 0 Å². The number of benzene rings is 3. The summed E-state index contributed by atoms with van der Waals surface area (Å²) in [6.07, 6.45) is 5.71. The zero-order valence-electron chi connectivity index (χ0n) is 18.5. The molecule has 33 heavy (non-hydrogen) atoms. The van der Waals surface area contributed by atoms with Crippen LogP contribution in [0, 0.1) is 0 Å². The molecule has 3 aromatic rings. The van der Waals surface area contributed by atoms with Crippen LogP contribution >= 0.6 is 23.5 Å². The smallest absolute Gasteiger partial charge is 0.269 e. The molecule has 3 aliphatic rings. The van der Waals surface area contributed by atoms with Gasteiger partial charge in [-0.15, -0.1) is 0 Å². The highest BCUT2D eigenvalue weighted by molar-refractivity contribution is 8.19. The van der Waals surface area contributed by atoms with E-state index in [1.807, 2.05) is 11.0 Å². The lowest BCUT2D eigenvalue weighted by Crippen LogP contribution is -2.40. The number of amides is 1. The van der Waals surface area contributed by atoms with E-state index in [2.05, 4.69) is 72.6 Å². The normalized spacial score (nSPS) is 22.6. The van der Waals surface area contributed by atoms with Crippen LogP contribution in [-0.4, -0.2) is 29.1 Å². The number of carbonyl (C=O) groups excluding carboxylic acids is 1. The van der Waals surface area contributed by atoms with E-state index >= 15 is 0 Å². The molecule has 1 saturated heterocycles. The van der Waals surface area contributed by atoms with E-state index in [-0.39, 0.29) is 11.9 Å². The van der Waals surface area contributed by atoms with Gasteiger partial charge in [-0.05, 0) is 59.6 Å². The predicted octanol–water partition coefficient (Wildman–Crippen LogP) is 7.15. The lowest BCUT2D eigenvalue weighted by molar-refractivity contribution is -0.124. The number of carbonyl (C=O) groups is 1. The number of amidine groups is 1. The molecule has 0 bridgehead atoms. The Balaban J connectivity index is 1.42. The minimum absolute atomic E-state index is 0.105. The second kappa shape index (κ2) is 8.58. The molecule has 1 amide bonds. The van der Waals surface area contributed by atoms with Crippen molar-refractivity contribution in [2.75, 3.05) is 11.9 Å². The number of anilines is 1. The van der Waals surface area contributed by atoms with Crippen molar-refractivity contribution in [3.05, 3.63) is 76.7 Å². The van der Waals surface area contributed by atoms with Gasteiger partial charge in [0.15, 0.2) is 5.17 Å². The third-order valence-corrected chi connectivity index (χ3v) is 9.05. The Hall–Kier alpha value is -2.70. The van der Waals surface area contributed by atoms with Crippen molar-refractivity contribution >= 4 is 56.7 Å². The molecule has 0 atom stereocenters. The van der Waals surface area contributed by atoms with Gasteiger partial charge in [0.1, 0.15) is 4.91 Å². The summed E-state index contributed by atoms with van der Waals surface area (Å²) in [6, 6.07) is 23.2. The van der Waals surface area contributed by atoms with Crippen LogP contribution in [0.1, 0.15) is 32.1 Å². The molecular formula is C27H25N3OS2. The first kappa shape index (κ1) is 20.9. The first-order chi connectivity index (χ1) is 16.2. The van der Waals surface area contributed by atoms with Gasteiger partial charge in [0.05, 0.1) is 16.4 Å². The maximum atomic E-state index is 13.8. The molecule has 2 aliphatic heterocycles. The largest absolute Gasteiger partial charge is 0.337 e. The SMILES string of the molecule is CN1C(=C2SC(=Nc3ccc4ccccc4c3)N(C3CCCCC3)C2=O)Sc2ccccc21. The third kappa shape index (κ3) is 3.75. The number of fused-ring (bicyclic) bond motifs is 2. The highest BCUT2D eigenvalue weighted by Gasteiger charge is 2.42. The Labute approximate surface area is 202 Å². The van der Waals surface area contributed by atoms with Crippen molar-refractivity contribution in [3.63, 3.8) is 0 Å². The standard InChI is InChI=1S/C27H25N3OS2/c1-29-22-13-7-8-14-23(22)32-26(29)24-25(31)30(21-11-3-2-4-12-21)27(33-24)28-20-16-15-18-9-5-6-10-19(18)17-20/h5-10,13-17,21H,2-4,11-12H2,1H3. The van der Waals surface area contributed by atoms with Gasteiger partial charge in [0.2, 0.25) is 0 Å². The fourth-order valence-electron chi connectivity index (χ4n) is 4.91. The summed E-state index contributed by atoms with van der Waals surface area (Å²) in [7, 11) is 2.05. The molecule has 1 aliphatic carbocycles. The van der Waals surface area contributed by atoms with Crippen LogP contribution in [0.5, 0.6) is 0 Å². The minimum atomic E-state index is 0.105. The number of aliphatic imine (C=N–C) groups is 1. The summed E-state index contributed by atoms with van der Waals surface area (Å²) in [5.74, 6) is 0.105. The van der Waals surface area contributed by atoms with Crippen LogP contribution in [0.3, 0.4) is 0 Å². The lowest BCUT2D eigenvalue weighted by atomic mass is 9.94. The summed E-state index contributed by atoms with van der Waals surface area (Å²) in [5.41, 5.74) is 2.05. The number of hydrogen-bond acceptors (Lipinski definition) is 5. The van der Waals surface area contributed by atoms with Gasteiger partial charge < -0.3 is 4.90 Å². The summed E-state index contributed by atoms with van der Waals surface area (Å²) < 4.78 is 0. The maximum Gasteiger partial charge on any atom is 0.269 e. The van der Waals surface area contributed by atoms with Crippen molar-refractivity contribution < 1.29 is 4.79 Å². The van der Waals surface area contributed by atoms with Crippen LogP contribution in [0.15, 0.2) is 86.6 Å². The first-order valence-electron chi connectivity index (χ1n) is 11.5. The van der Waals surface area contributed by atoms with Crippen molar-refractivity contribution in [1.29, 1.82) is 0 Å². The molecule has 6 heteroatoms. The average Bonchev–Trinajstić information content (AvgIpc) is 3.35. The molecule has 0 N–H and O–H groups in total. The fourth-order valence-corrected chi connectivity index (χ4v) is 7.31. The number of para-hydroxylation sites is 1. The molecular weight excluding hydrogens is 446 g/mol. The molecule has 0 aromatic heterocycles. The monoisotopic (exact) mass is 471 g/mol. The van der Waals surface area contributed by atoms with Crippen molar-refractivity contribution in [1.82, 2.24) is 4.90 Å². The second-order valence-electron chi connectivity index (χ2n) is 8.76. The molecule has 4 nitrogen and oxygen atoms in total. The van der Waals surface area contributed by atoms with E-state index in [9.17, 15) is 4.79 Å². The Morgan fingerprint density at radius 3 is 2.45 bits per heavy atom. The Morgan fingerprint density at radius 1 is 0.879 bits per heavy atom. The van der Waals surface area contributed by atoms with Crippen LogP contribution in [0.2, 0.25) is 0 Å². The van der Waals surface area contributed by atoms with Crippen molar-refractivity contribution in [3.8, 4) is 0 Å². The van der Waals surface area contributed by atoms with E-state index in [1.165, 1.54) is 41.3 Å². The Kier molecular flexibility index (Phi) is 5.43. The van der Waals surface area contributed by atoms with Gasteiger partial charge in [0, 0.05) is 18.0 Å². The van der Waals surface area contributed by atoms with E-state index in [0.29, 0.717) is 0 Å². The van der Waals surface area contributed by atoms with Crippen LogP contribution in [0.25, 0.3) is 10.8 Å². The number of hydrogen-bond donors (Lipinski definition) is 0. The van der Waals surface area contributed by atoms with Crippen molar-refractivity contribution in [2.45, 2.75) is 43.0 Å². The zero-order valence-corrected chi connectivity index (χ0v) is 20.2. The summed E-state index contributed by atoms with van der Waals surface area (Å²) in [5, 5.41) is 4.19. The number of nitrogens with zero attached hydrogens (tertiary/aromatic N) is 3. The van der Waals surface area contributed by atoms with Crippen LogP contribution in [0.4, 0.5) is 11.4 Å². The van der Waals surface area contributed by atoms with E-state index < -0.39 is 0 Å². The second-order valence-corrected chi connectivity index (χ2v) is 10.8. The minimum Gasteiger partial charge on any atom is -0.337 e. The van der Waals surface area contributed by atoms with Gasteiger partial charge in [-0.25, -0.2) is 4.99 Å². The van der Waals surface area contributed by atoms with E-state index in [0.717, 1.165) is 44.7 Å². The van der Waals surface area contributed by atoms with Crippen LogP contribution in [-0.2, 0) is 4.79 Å². The van der Waals surface area contributed by atoms with E-state index in [4.69, 9.17) is 4.99 Å². The zero-order chi connectivity index (χ0) is 22.4. The molecule has 2 heterocycles. The molecule has 2 fully saturated rings. The molecule has 1 saturated carbocycles. The Bertz CT molecular complexity index is 1310. The maximum absolute atomic E-state index is 13.8. The number of thioether (sulfide) groups is 2. The van der Waals surface area contributed by atoms with Gasteiger partial charge in [-0.2, -0.15) is 0 Å². The first-order valence-corrected chi connectivity index (χ1v) is 13.2. The average molecular weight is 472 g/mol. The topological polar surface area (TPSA) is 35.9 Å². The summed E-state index contributed by atoms with van der Waals surface area (Å²) in [4.78, 5) is 25.0. The quantitative estimate of drug-likeness (QED) is 0.372. The van der Waals surface area contributed by atoms with Crippen molar-refractivity contribution in [2.24, 2.45) is 4.99 Å². The summed E-state index contributed by atoms with van der Waals surface area (Å²) in [6.45, 7) is 0. The highest BCUT2D eigenvalue weighted by atomic mass is 32.2. The Morgan fingerprint density at radius 2 is 1.64 bits per heavy atom. The molecule has 6 rings (SSSR count). The lowest BCUT2D eigenvalue weighted by Gasteiger charge is -2.30. The fraction of sp³-hybridized carbons (Fsp3) is 0.259. The van der Waals surface area contributed by atoms with Crippen LogP contribution < -0.4 is 4.90 Å². The van der Waals surface area contributed by atoms with Gasteiger partial charge in [-0.1, -0.05) is 73.5 Å². The predicted molar refractivity (Wildman–Crippen MR) is 140 cm³/mol. The third-order valence-electron chi connectivity index (χ3n) is 6.64. The van der Waals surface area contributed by atoms with Gasteiger partial charge in [-0.3, -0.25) is 9.69 Å². The molecule has 3 aromatic carbocycles. The molecule has 0 radical (unpaired) electrons. The molecule has 166 valence electrons. The molecule has 0 unspecified atom stereocenters. The van der Waals surface area contributed by atoms with Gasteiger partial charge in [0.25, 0.3) is 5.91 Å². The molecule has 0 spiro atoms. The number of rotatable bonds is 2. The highest BCUT2D eigenvalue weighted by Crippen LogP contribution is 2.50. The summed E-state index contributed by atoms with van der Waals surface area (Å²) >= 11 is 3.22.